The summed E-state index contributed by atoms with van der Waals surface area (Å²) in [5.74, 6) is 0.177. The normalized spacial score (nSPS) is 17.7. The second-order valence-corrected chi connectivity index (χ2v) is 8.95. The number of benzene rings is 2. The maximum atomic E-state index is 12.6. The molecule has 4 rings (SSSR count). The number of hydrogen-bond donors (Lipinski definition) is 1. The van der Waals surface area contributed by atoms with Crippen molar-refractivity contribution in [3.05, 3.63) is 48.5 Å². The maximum absolute atomic E-state index is 12.6. The number of hydrogen-bond acceptors (Lipinski definition) is 5. The van der Waals surface area contributed by atoms with Crippen molar-refractivity contribution in [1.82, 2.24) is 0 Å². The van der Waals surface area contributed by atoms with Gasteiger partial charge in [0, 0.05) is 18.5 Å². The Morgan fingerprint density at radius 2 is 1.45 bits per heavy atom. The summed E-state index contributed by atoms with van der Waals surface area (Å²) in [7, 11) is -3.80. The van der Waals surface area contributed by atoms with Crippen LogP contribution in [0.3, 0.4) is 0 Å². The molecule has 29 heavy (non-hydrogen) atoms. The minimum atomic E-state index is -3.80. The summed E-state index contributed by atoms with van der Waals surface area (Å²) >= 11 is 0. The summed E-state index contributed by atoms with van der Waals surface area (Å²) in [6.07, 6.45) is 5.08. The van der Waals surface area contributed by atoms with Crippen molar-refractivity contribution in [2.75, 3.05) is 9.62 Å². The Morgan fingerprint density at radius 3 is 2.03 bits per heavy atom. The van der Waals surface area contributed by atoms with Crippen molar-refractivity contribution >= 4 is 33.2 Å². The molecule has 152 valence electrons. The molecule has 1 aliphatic heterocycles. The molecule has 2 fully saturated rings. The second-order valence-electron chi connectivity index (χ2n) is 7.27. The van der Waals surface area contributed by atoms with E-state index in [0.29, 0.717) is 11.4 Å². The molecule has 1 saturated carbocycles. The van der Waals surface area contributed by atoms with Crippen LogP contribution < -0.4 is 14.4 Å². The number of carbonyl (C=O) groups excluding carboxylic acids is 2. The molecule has 2 amide bonds. The van der Waals surface area contributed by atoms with Crippen LogP contribution in [-0.4, -0.2) is 26.3 Å². The minimum Gasteiger partial charge on any atom is -0.490 e. The average molecular weight is 414 g/mol. The van der Waals surface area contributed by atoms with Crippen molar-refractivity contribution in [3.63, 3.8) is 0 Å². The van der Waals surface area contributed by atoms with Gasteiger partial charge in [-0.3, -0.25) is 19.2 Å². The van der Waals surface area contributed by atoms with Gasteiger partial charge in [-0.1, -0.05) is 0 Å². The van der Waals surface area contributed by atoms with E-state index in [9.17, 15) is 18.0 Å². The molecular weight excluding hydrogens is 392 g/mol. The molecule has 0 unspecified atom stereocenters. The fraction of sp³-hybridized carbons (Fsp3) is 0.333. The molecular formula is C21H22N2O5S. The van der Waals surface area contributed by atoms with Gasteiger partial charge in [0.2, 0.25) is 11.8 Å². The molecule has 1 N–H and O–H groups in total. The maximum Gasteiger partial charge on any atom is 0.261 e. The highest BCUT2D eigenvalue weighted by Gasteiger charge is 2.30. The van der Waals surface area contributed by atoms with E-state index in [-0.39, 0.29) is 35.7 Å². The number of rotatable bonds is 6. The minimum absolute atomic E-state index is 0.0478. The molecule has 7 nitrogen and oxygen atoms in total. The number of ether oxygens (including phenoxy) is 1. The van der Waals surface area contributed by atoms with E-state index in [4.69, 9.17) is 4.74 Å². The zero-order valence-electron chi connectivity index (χ0n) is 15.8. The van der Waals surface area contributed by atoms with Crippen LogP contribution in [0.15, 0.2) is 53.4 Å². The molecule has 0 aromatic heterocycles. The van der Waals surface area contributed by atoms with Crippen LogP contribution in [-0.2, 0) is 19.6 Å². The number of anilines is 2. The van der Waals surface area contributed by atoms with E-state index < -0.39 is 10.0 Å². The summed E-state index contributed by atoms with van der Waals surface area (Å²) in [6.45, 7) is 0. The molecule has 1 aliphatic carbocycles. The topological polar surface area (TPSA) is 92.8 Å². The quantitative estimate of drug-likeness (QED) is 0.731. The number of sulfonamides is 1. The Hall–Kier alpha value is -2.87. The number of nitrogens with one attached hydrogen (secondary N) is 1. The predicted octanol–water partition coefficient (Wildman–Crippen LogP) is 3.46. The summed E-state index contributed by atoms with van der Waals surface area (Å²) in [6, 6.07) is 12.5. The van der Waals surface area contributed by atoms with E-state index in [1.165, 1.54) is 37.1 Å². The lowest BCUT2D eigenvalue weighted by Crippen LogP contribution is -2.28. The van der Waals surface area contributed by atoms with Gasteiger partial charge in [-0.15, -0.1) is 0 Å². The van der Waals surface area contributed by atoms with Crippen molar-refractivity contribution in [1.29, 1.82) is 0 Å². The zero-order chi connectivity index (χ0) is 20.4. The Morgan fingerprint density at radius 1 is 0.862 bits per heavy atom. The van der Waals surface area contributed by atoms with Gasteiger partial charge in [-0.2, -0.15) is 0 Å². The molecule has 0 atom stereocenters. The average Bonchev–Trinajstić information content (AvgIpc) is 3.33. The third-order valence-electron chi connectivity index (χ3n) is 5.17. The molecule has 1 saturated heterocycles. The Labute approximate surface area is 169 Å². The SMILES string of the molecule is O=C1CCC(=O)N1c1ccc(S(=O)(=O)Nc2ccc(OC3CCCC3)cc2)cc1. The molecule has 1 heterocycles. The standard InChI is InChI=1S/C21H22N2O5S/c24-20-13-14-21(25)23(20)16-7-11-19(12-8-16)29(26,27)22-15-5-9-18(10-6-15)28-17-3-1-2-4-17/h5-12,17,22H,1-4,13-14H2. The third-order valence-corrected chi connectivity index (χ3v) is 6.57. The van der Waals surface area contributed by atoms with Gasteiger partial charge in [0.1, 0.15) is 5.75 Å². The van der Waals surface area contributed by atoms with E-state index in [1.807, 2.05) is 0 Å². The van der Waals surface area contributed by atoms with Gasteiger partial charge < -0.3 is 4.74 Å². The first kappa shape index (κ1) is 19.4. The van der Waals surface area contributed by atoms with Crippen LogP contribution in [0, 0.1) is 0 Å². The number of nitrogens with zero attached hydrogens (tertiary/aromatic N) is 1. The molecule has 2 aromatic carbocycles. The van der Waals surface area contributed by atoms with Gasteiger partial charge in [0.15, 0.2) is 0 Å². The first-order chi connectivity index (χ1) is 13.9. The van der Waals surface area contributed by atoms with Crippen LogP contribution in [0.25, 0.3) is 0 Å². The van der Waals surface area contributed by atoms with Crippen LogP contribution >= 0.6 is 0 Å². The van der Waals surface area contributed by atoms with Gasteiger partial charge in [-0.25, -0.2) is 8.42 Å². The fourth-order valence-electron chi connectivity index (χ4n) is 3.65. The second kappa shape index (κ2) is 7.87. The molecule has 8 heteroatoms. The molecule has 0 radical (unpaired) electrons. The third kappa shape index (κ3) is 4.27. The van der Waals surface area contributed by atoms with Crippen molar-refractivity contribution in [2.24, 2.45) is 0 Å². The Bertz CT molecular complexity index is 994. The van der Waals surface area contributed by atoms with Gasteiger partial charge in [0.05, 0.1) is 16.7 Å². The molecule has 0 spiro atoms. The lowest BCUT2D eigenvalue weighted by Gasteiger charge is -2.15. The van der Waals surface area contributed by atoms with Crippen LogP contribution in [0.1, 0.15) is 38.5 Å². The first-order valence-electron chi connectivity index (χ1n) is 9.68. The number of carbonyl (C=O) groups is 2. The van der Waals surface area contributed by atoms with E-state index >= 15 is 0 Å². The molecule has 2 aromatic rings. The summed E-state index contributed by atoms with van der Waals surface area (Å²) < 4.78 is 33.7. The Balaban J connectivity index is 1.44. The smallest absolute Gasteiger partial charge is 0.261 e. The van der Waals surface area contributed by atoms with Crippen molar-refractivity contribution in [3.8, 4) is 5.75 Å². The van der Waals surface area contributed by atoms with Gasteiger partial charge in [-0.05, 0) is 74.2 Å². The van der Waals surface area contributed by atoms with Crippen LogP contribution in [0.4, 0.5) is 11.4 Å². The van der Waals surface area contributed by atoms with Gasteiger partial charge in [0.25, 0.3) is 10.0 Å². The largest absolute Gasteiger partial charge is 0.490 e. The van der Waals surface area contributed by atoms with Crippen molar-refractivity contribution < 1.29 is 22.7 Å². The highest BCUT2D eigenvalue weighted by molar-refractivity contribution is 7.92. The number of amides is 2. The first-order valence-corrected chi connectivity index (χ1v) is 11.2. The monoisotopic (exact) mass is 414 g/mol. The summed E-state index contributed by atoms with van der Waals surface area (Å²) in [5, 5.41) is 0. The van der Waals surface area contributed by atoms with Crippen molar-refractivity contribution in [2.45, 2.75) is 49.5 Å². The Kier molecular flexibility index (Phi) is 5.27. The highest BCUT2D eigenvalue weighted by Crippen LogP contribution is 2.27. The zero-order valence-corrected chi connectivity index (χ0v) is 16.7. The number of imide groups is 1. The van der Waals surface area contributed by atoms with Crippen LogP contribution in [0.2, 0.25) is 0 Å². The lowest BCUT2D eigenvalue weighted by atomic mass is 10.3. The van der Waals surface area contributed by atoms with Gasteiger partial charge >= 0.3 is 0 Å². The van der Waals surface area contributed by atoms with E-state index in [1.54, 1.807) is 24.3 Å². The van der Waals surface area contributed by atoms with Crippen LogP contribution in [0.5, 0.6) is 5.75 Å². The highest BCUT2D eigenvalue weighted by atomic mass is 32.2. The predicted molar refractivity (Wildman–Crippen MR) is 108 cm³/mol. The summed E-state index contributed by atoms with van der Waals surface area (Å²) in [5.41, 5.74) is 0.808. The molecule has 0 bridgehead atoms. The fourth-order valence-corrected chi connectivity index (χ4v) is 4.71. The lowest BCUT2D eigenvalue weighted by molar-refractivity contribution is -0.121. The van der Waals surface area contributed by atoms with E-state index in [0.717, 1.165) is 23.5 Å². The van der Waals surface area contributed by atoms with E-state index in [2.05, 4.69) is 4.72 Å². The molecule has 2 aliphatic rings. The summed E-state index contributed by atoms with van der Waals surface area (Å²) in [4.78, 5) is 24.8.